The van der Waals surface area contributed by atoms with E-state index in [4.69, 9.17) is 0 Å². The molecule has 2 saturated heterocycles. The normalized spacial score (nSPS) is 29.2. The minimum atomic E-state index is -0.280. The molecule has 0 aromatic carbocycles. The largest absolute Gasteiger partial charge is 0.393 e. The van der Waals surface area contributed by atoms with Crippen LogP contribution in [-0.4, -0.2) is 44.5 Å². The van der Waals surface area contributed by atoms with Crippen molar-refractivity contribution in [2.45, 2.75) is 44.6 Å². The lowest BCUT2D eigenvalue weighted by molar-refractivity contribution is -0.0719. The lowest BCUT2D eigenvalue weighted by atomic mass is 9.56. The highest BCUT2D eigenvalue weighted by molar-refractivity contribution is 5.54. The first kappa shape index (κ1) is 15.1. The molecule has 7 nitrogen and oxygen atoms in total. The first-order valence-corrected chi connectivity index (χ1v) is 9.20. The minimum Gasteiger partial charge on any atom is -0.393 e. The molecule has 2 saturated carbocycles. The molecule has 1 atom stereocenters. The topological polar surface area (TPSA) is 90.0 Å². The molecule has 6 rings (SSSR count). The van der Waals surface area contributed by atoms with Crippen LogP contribution < -0.4 is 10.2 Å². The summed E-state index contributed by atoms with van der Waals surface area (Å²) < 4.78 is 0. The van der Waals surface area contributed by atoms with E-state index in [0.29, 0.717) is 11.8 Å². The van der Waals surface area contributed by atoms with E-state index in [1.54, 1.807) is 6.20 Å². The van der Waals surface area contributed by atoms with Crippen molar-refractivity contribution in [3.8, 4) is 0 Å². The maximum Gasteiger partial charge on any atom is 0.227 e. The molecule has 0 amide bonds. The Bertz CT molecular complexity index is 777. The van der Waals surface area contributed by atoms with Crippen molar-refractivity contribution in [3.05, 3.63) is 24.0 Å². The summed E-state index contributed by atoms with van der Waals surface area (Å²) in [4.78, 5) is 11.4. The molecule has 3 N–H and O–H groups in total. The van der Waals surface area contributed by atoms with Crippen LogP contribution in [0.1, 0.15) is 44.2 Å². The number of H-pyrrole nitrogens is 1. The average molecular weight is 340 g/mol. The fourth-order valence-corrected chi connectivity index (χ4v) is 4.44. The van der Waals surface area contributed by atoms with Gasteiger partial charge >= 0.3 is 0 Å². The second-order valence-corrected chi connectivity index (χ2v) is 8.04. The first-order chi connectivity index (χ1) is 12.1. The third kappa shape index (κ3) is 2.66. The molecule has 132 valence electrons. The lowest BCUT2D eigenvalue weighted by Gasteiger charge is -2.57. The van der Waals surface area contributed by atoms with Crippen molar-refractivity contribution in [2.75, 3.05) is 23.3 Å². The van der Waals surface area contributed by atoms with Gasteiger partial charge in [-0.1, -0.05) is 0 Å². The fraction of sp³-hybridized carbons (Fsp3) is 0.611. The van der Waals surface area contributed by atoms with Crippen molar-refractivity contribution in [2.24, 2.45) is 11.3 Å². The lowest BCUT2D eigenvalue weighted by Crippen LogP contribution is -2.61. The Morgan fingerprint density at radius 2 is 2.20 bits per heavy atom. The van der Waals surface area contributed by atoms with Crippen LogP contribution in [0.2, 0.25) is 0 Å². The molecule has 2 aromatic heterocycles. The van der Waals surface area contributed by atoms with E-state index in [9.17, 15) is 5.11 Å². The molecule has 2 aliphatic carbocycles. The molecule has 4 heterocycles. The van der Waals surface area contributed by atoms with Crippen LogP contribution in [0.5, 0.6) is 0 Å². The molecular formula is C18H24N6O. The maximum absolute atomic E-state index is 10.1. The van der Waals surface area contributed by atoms with Gasteiger partial charge in [-0.05, 0) is 44.6 Å². The predicted octanol–water partition coefficient (Wildman–Crippen LogP) is 2.42. The Balaban J connectivity index is 1.32. The molecule has 25 heavy (non-hydrogen) atoms. The standard InChI is InChI=1S/C18H24N6O/c1-11(25)18-7-12(8-18)9-24(10-18)17-19-5-4-15(21-17)20-16-6-14(22-23-16)13-2-3-13/h4-6,11-13,25H,2-3,7-10H2,1H3,(H2,19,20,21,22,23). The summed E-state index contributed by atoms with van der Waals surface area (Å²) in [5.74, 6) is 3.59. The SMILES string of the molecule is CC(O)C12CC(CN(c3nccc(Nc4cc(C5CC5)[nH]n4)n3)C1)C2. The van der Waals surface area contributed by atoms with Gasteiger partial charge in [-0.15, -0.1) is 0 Å². The number of aliphatic hydroxyl groups excluding tert-OH is 1. The number of rotatable bonds is 5. The third-order valence-corrected chi connectivity index (χ3v) is 6.06. The van der Waals surface area contributed by atoms with E-state index in [-0.39, 0.29) is 11.5 Å². The Morgan fingerprint density at radius 3 is 2.96 bits per heavy atom. The van der Waals surface area contributed by atoms with Crippen LogP contribution in [0.15, 0.2) is 18.3 Å². The van der Waals surface area contributed by atoms with E-state index in [1.807, 2.05) is 13.0 Å². The monoisotopic (exact) mass is 340 g/mol. The van der Waals surface area contributed by atoms with Crippen LogP contribution >= 0.6 is 0 Å². The number of piperidine rings is 2. The number of aromatic amines is 1. The number of aromatic nitrogens is 4. The number of hydrogen-bond acceptors (Lipinski definition) is 6. The average Bonchev–Trinajstić information content (AvgIpc) is 3.34. The number of anilines is 3. The minimum absolute atomic E-state index is 0.0249. The van der Waals surface area contributed by atoms with Gasteiger partial charge in [-0.2, -0.15) is 10.1 Å². The van der Waals surface area contributed by atoms with Crippen LogP contribution in [0.25, 0.3) is 0 Å². The van der Waals surface area contributed by atoms with Crippen molar-refractivity contribution >= 4 is 17.6 Å². The van der Waals surface area contributed by atoms with Gasteiger partial charge in [0.25, 0.3) is 0 Å². The van der Waals surface area contributed by atoms with Gasteiger partial charge in [0, 0.05) is 42.4 Å². The fourth-order valence-electron chi connectivity index (χ4n) is 4.44. The van der Waals surface area contributed by atoms with Crippen molar-refractivity contribution in [1.29, 1.82) is 0 Å². The number of nitrogens with zero attached hydrogens (tertiary/aromatic N) is 4. The summed E-state index contributed by atoms with van der Waals surface area (Å²) in [7, 11) is 0. The summed E-state index contributed by atoms with van der Waals surface area (Å²) in [5, 5.41) is 20.8. The number of hydrogen-bond donors (Lipinski definition) is 3. The quantitative estimate of drug-likeness (QED) is 0.774. The van der Waals surface area contributed by atoms with Gasteiger partial charge in [0.15, 0.2) is 5.82 Å². The van der Waals surface area contributed by atoms with Crippen molar-refractivity contribution in [3.63, 3.8) is 0 Å². The molecule has 4 aliphatic rings. The summed E-state index contributed by atoms with van der Waals surface area (Å²) in [6.07, 6.45) is 6.25. The summed E-state index contributed by atoms with van der Waals surface area (Å²) in [5.41, 5.74) is 1.23. The third-order valence-electron chi connectivity index (χ3n) is 6.06. The predicted molar refractivity (Wildman–Crippen MR) is 94.9 cm³/mol. The van der Waals surface area contributed by atoms with Gasteiger partial charge in [0.2, 0.25) is 5.95 Å². The van der Waals surface area contributed by atoms with Crippen LogP contribution in [0, 0.1) is 11.3 Å². The summed E-state index contributed by atoms with van der Waals surface area (Å²) in [6.45, 7) is 3.72. The molecule has 0 spiro atoms. The van der Waals surface area contributed by atoms with Gasteiger partial charge in [0.1, 0.15) is 5.82 Å². The number of aliphatic hydroxyl groups is 1. The van der Waals surface area contributed by atoms with Gasteiger partial charge in [-0.25, -0.2) is 4.98 Å². The highest BCUT2D eigenvalue weighted by Gasteiger charge is 2.53. The van der Waals surface area contributed by atoms with E-state index >= 15 is 0 Å². The van der Waals surface area contributed by atoms with Gasteiger partial charge in [-0.3, -0.25) is 5.10 Å². The molecule has 2 aromatic rings. The van der Waals surface area contributed by atoms with Gasteiger partial charge < -0.3 is 15.3 Å². The first-order valence-electron chi connectivity index (χ1n) is 9.20. The van der Waals surface area contributed by atoms with Gasteiger partial charge in [0.05, 0.1) is 6.10 Å². The van der Waals surface area contributed by atoms with Crippen molar-refractivity contribution in [1.82, 2.24) is 20.2 Å². The zero-order valence-electron chi connectivity index (χ0n) is 14.4. The Morgan fingerprint density at radius 1 is 1.36 bits per heavy atom. The highest BCUT2D eigenvalue weighted by atomic mass is 16.3. The molecule has 2 bridgehead atoms. The zero-order valence-corrected chi connectivity index (χ0v) is 14.4. The molecule has 2 aliphatic heterocycles. The number of fused-ring (bicyclic) bond motifs is 2. The van der Waals surface area contributed by atoms with E-state index in [0.717, 1.165) is 43.5 Å². The Labute approximate surface area is 146 Å². The van der Waals surface area contributed by atoms with E-state index in [2.05, 4.69) is 36.4 Å². The molecule has 1 unspecified atom stereocenters. The Kier molecular flexibility index (Phi) is 3.28. The second-order valence-electron chi connectivity index (χ2n) is 8.04. The maximum atomic E-state index is 10.1. The Hall–Kier alpha value is -2.15. The highest BCUT2D eigenvalue weighted by Crippen LogP contribution is 2.53. The summed E-state index contributed by atoms with van der Waals surface area (Å²) in [6, 6.07) is 3.93. The second kappa shape index (κ2) is 5.42. The smallest absolute Gasteiger partial charge is 0.227 e. The molecular weight excluding hydrogens is 316 g/mol. The van der Waals surface area contributed by atoms with Crippen LogP contribution in [-0.2, 0) is 0 Å². The molecule has 0 radical (unpaired) electrons. The molecule has 4 fully saturated rings. The van der Waals surface area contributed by atoms with Crippen molar-refractivity contribution < 1.29 is 5.11 Å². The van der Waals surface area contributed by atoms with E-state index in [1.165, 1.54) is 18.5 Å². The van der Waals surface area contributed by atoms with Crippen LogP contribution in [0.4, 0.5) is 17.6 Å². The van der Waals surface area contributed by atoms with Crippen LogP contribution in [0.3, 0.4) is 0 Å². The summed E-state index contributed by atoms with van der Waals surface area (Å²) >= 11 is 0. The van der Waals surface area contributed by atoms with E-state index < -0.39 is 0 Å². The zero-order chi connectivity index (χ0) is 17.0. The molecule has 7 heteroatoms. The number of nitrogens with one attached hydrogen (secondary N) is 2.